The minimum absolute atomic E-state index is 0.0598. The molecule has 2 aromatic carbocycles. The summed E-state index contributed by atoms with van der Waals surface area (Å²) >= 11 is 6.10. The number of nitrogens with one attached hydrogen (secondary N) is 1. The van der Waals surface area contributed by atoms with Gasteiger partial charge >= 0.3 is 0 Å². The number of hydrogen-bond donors (Lipinski definition) is 1. The molecule has 2 amide bonds. The van der Waals surface area contributed by atoms with Crippen molar-refractivity contribution in [3.63, 3.8) is 0 Å². The fourth-order valence-electron chi connectivity index (χ4n) is 3.67. The number of anilines is 1. The Bertz CT molecular complexity index is 925. The Morgan fingerprint density at radius 1 is 1.10 bits per heavy atom. The first kappa shape index (κ1) is 22.0. The predicted octanol–water partition coefficient (Wildman–Crippen LogP) is 3.45. The molecule has 30 heavy (non-hydrogen) atoms. The van der Waals surface area contributed by atoms with Gasteiger partial charge in [-0.25, -0.2) is 0 Å². The Morgan fingerprint density at radius 3 is 2.40 bits per heavy atom. The smallest absolute Gasteiger partial charge is 0.238 e. The van der Waals surface area contributed by atoms with Crippen molar-refractivity contribution in [3.8, 4) is 0 Å². The van der Waals surface area contributed by atoms with Crippen LogP contribution in [-0.2, 0) is 9.59 Å². The minimum atomic E-state index is -0.193. The van der Waals surface area contributed by atoms with Gasteiger partial charge < -0.3 is 10.2 Å². The molecule has 1 aliphatic rings. The molecule has 1 heterocycles. The van der Waals surface area contributed by atoms with E-state index in [1.807, 2.05) is 13.1 Å². The molecule has 2 aromatic rings. The standard InChI is InChI=1S/C23H26ClN3O3/c1-16(28)26(2)19-10-12-27(13-11-19)15-22(29)25-21-9-8-18(24)14-20(21)23(30)17-6-4-3-5-7-17/h3-9,14,19H,10-13,15H2,1-2H3,(H,25,29). The molecule has 1 saturated heterocycles. The summed E-state index contributed by atoms with van der Waals surface area (Å²) in [6.07, 6.45) is 1.67. The molecule has 3 rings (SSSR count). The Balaban J connectivity index is 1.64. The van der Waals surface area contributed by atoms with E-state index in [-0.39, 0.29) is 30.2 Å². The van der Waals surface area contributed by atoms with Crippen molar-refractivity contribution in [3.05, 3.63) is 64.7 Å². The molecule has 0 radical (unpaired) electrons. The molecule has 7 heteroatoms. The van der Waals surface area contributed by atoms with Crippen molar-refractivity contribution < 1.29 is 14.4 Å². The highest BCUT2D eigenvalue weighted by atomic mass is 35.5. The molecule has 1 N–H and O–H groups in total. The monoisotopic (exact) mass is 427 g/mol. The molecule has 158 valence electrons. The van der Waals surface area contributed by atoms with E-state index in [1.54, 1.807) is 54.3 Å². The lowest BCUT2D eigenvalue weighted by molar-refractivity contribution is -0.130. The first-order valence-electron chi connectivity index (χ1n) is 10.00. The number of likely N-dealkylation sites (tertiary alicyclic amines) is 1. The van der Waals surface area contributed by atoms with Crippen LogP contribution < -0.4 is 5.32 Å². The van der Waals surface area contributed by atoms with E-state index in [2.05, 4.69) is 10.2 Å². The van der Waals surface area contributed by atoms with Gasteiger partial charge in [0.2, 0.25) is 11.8 Å². The second kappa shape index (κ2) is 9.87. The number of carbonyl (C=O) groups excluding carboxylic acids is 3. The van der Waals surface area contributed by atoms with Crippen LogP contribution >= 0.6 is 11.6 Å². The third-order valence-electron chi connectivity index (χ3n) is 5.51. The highest BCUT2D eigenvalue weighted by molar-refractivity contribution is 6.31. The lowest BCUT2D eigenvalue weighted by Gasteiger charge is -2.36. The van der Waals surface area contributed by atoms with E-state index in [0.29, 0.717) is 21.8 Å². The fraction of sp³-hybridized carbons (Fsp3) is 0.348. The fourth-order valence-corrected chi connectivity index (χ4v) is 3.85. The summed E-state index contributed by atoms with van der Waals surface area (Å²) in [6.45, 7) is 3.29. The van der Waals surface area contributed by atoms with Gasteiger partial charge in [-0.2, -0.15) is 0 Å². The average molecular weight is 428 g/mol. The summed E-state index contributed by atoms with van der Waals surface area (Å²) in [5, 5.41) is 3.30. The lowest BCUT2D eigenvalue weighted by atomic mass is 10.0. The number of benzene rings is 2. The summed E-state index contributed by atoms with van der Waals surface area (Å²) in [4.78, 5) is 40.9. The zero-order valence-corrected chi connectivity index (χ0v) is 18.0. The number of nitrogens with zero attached hydrogens (tertiary/aromatic N) is 2. The number of amides is 2. The van der Waals surface area contributed by atoms with Gasteiger partial charge in [-0.3, -0.25) is 19.3 Å². The zero-order chi connectivity index (χ0) is 21.7. The number of piperidine rings is 1. The third kappa shape index (κ3) is 5.46. The Labute approximate surface area is 181 Å². The summed E-state index contributed by atoms with van der Waals surface area (Å²) in [7, 11) is 1.82. The maximum Gasteiger partial charge on any atom is 0.238 e. The molecule has 0 saturated carbocycles. The van der Waals surface area contributed by atoms with Crippen molar-refractivity contribution in [2.75, 3.05) is 32.0 Å². The summed E-state index contributed by atoms with van der Waals surface area (Å²) < 4.78 is 0. The molecule has 0 spiro atoms. The van der Waals surface area contributed by atoms with Crippen LogP contribution in [0.5, 0.6) is 0 Å². The molecule has 0 aliphatic carbocycles. The number of carbonyl (C=O) groups is 3. The Kier molecular flexibility index (Phi) is 7.24. The molecule has 0 aromatic heterocycles. The maximum absolute atomic E-state index is 12.9. The topological polar surface area (TPSA) is 69.7 Å². The van der Waals surface area contributed by atoms with E-state index < -0.39 is 0 Å². The number of halogens is 1. The van der Waals surface area contributed by atoms with Crippen LogP contribution in [0.4, 0.5) is 5.69 Å². The second-order valence-corrected chi connectivity index (χ2v) is 8.01. The summed E-state index contributed by atoms with van der Waals surface area (Å²) in [5.74, 6) is -0.316. The maximum atomic E-state index is 12.9. The van der Waals surface area contributed by atoms with E-state index >= 15 is 0 Å². The Morgan fingerprint density at radius 2 is 1.77 bits per heavy atom. The highest BCUT2D eigenvalue weighted by Crippen LogP contribution is 2.24. The first-order valence-corrected chi connectivity index (χ1v) is 10.4. The van der Waals surface area contributed by atoms with Crippen LogP contribution in [0, 0.1) is 0 Å². The predicted molar refractivity (Wildman–Crippen MR) is 118 cm³/mol. The zero-order valence-electron chi connectivity index (χ0n) is 17.2. The quantitative estimate of drug-likeness (QED) is 0.717. The molecule has 0 bridgehead atoms. The van der Waals surface area contributed by atoms with Crippen molar-refractivity contribution in [2.45, 2.75) is 25.8 Å². The first-order chi connectivity index (χ1) is 14.3. The van der Waals surface area contributed by atoms with Crippen LogP contribution in [-0.4, -0.2) is 60.1 Å². The van der Waals surface area contributed by atoms with Gasteiger partial charge in [0.25, 0.3) is 0 Å². The number of hydrogen-bond acceptors (Lipinski definition) is 4. The van der Waals surface area contributed by atoms with Crippen LogP contribution in [0.15, 0.2) is 48.5 Å². The summed E-state index contributed by atoms with van der Waals surface area (Å²) in [5.41, 5.74) is 1.35. The average Bonchev–Trinajstić information content (AvgIpc) is 2.75. The number of rotatable bonds is 6. The van der Waals surface area contributed by atoms with Crippen LogP contribution in [0.1, 0.15) is 35.7 Å². The molecule has 6 nitrogen and oxygen atoms in total. The van der Waals surface area contributed by atoms with Gasteiger partial charge in [0.1, 0.15) is 0 Å². The molecular formula is C23H26ClN3O3. The highest BCUT2D eigenvalue weighted by Gasteiger charge is 2.25. The third-order valence-corrected chi connectivity index (χ3v) is 5.74. The van der Waals surface area contributed by atoms with E-state index in [4.69, 9.17) is 11.6 Å². The summed E-state index contributed by atoms with van der Waals surface area (Å²) in [6, 6.07) is 14.0. The van der Waals surface area contributed by atoms with Crippen molar-refractivity contribution in [2.24, 2.45) is 0 Å². The SMILES string of the molecule is CC(=O)N(C)C1CCN(CC(=O)Nc2ccc(Cl)cc2C(=O)c2ccccc2)CC1. The van der Waals surface area contributed by atoms with Gasteiger partial charge in [0, 0.05) is 49.3 Å². The Hall–Kier alpha value is -2.70. The molecule has 0 unspecified atom stereocenters. The molecule has 1 fully saturated rings. The minimum Gasteiger partial charge on any atom is -0.343 e. The van der Waals surface area contributed by atoms with Gasteiger partial charge in [-0.1, -0.05) is 41.9 Å². The van der Waals surface area contributed by atoms with Gasteiger partial charge in [-0.15, -0.1) is 0 Å². The van der Waals surface area contributed by atoms with Gasteiger partial charge in [0.05, 0.1) is 12.2 Å². The number of ketones is 1. The normalized spacial score (nSPS) is 14.9. The van der Waals surface area contributed by atoms with Gasteiger partial charge in [0.15, 0.2) is 5.78 Å². The second-order valence-electron chi connectivity index (χ2n) is 7.57. The van der Waals surface area contributed by atoms with Gasteiger partial charge in [-0.05, 0) is 31.0 Å². The molecule has 1 aliphatic heterocycles. The lowest BCUT2D eigenvalue weighted by Crippen LogP contribution is -2.46. The van der Waals surface area contributed by atoms with Crippen molar-refractivity contribution in [1.82, 2.24) is 9.80 Å². The van der Waals surface area contributed by atoms with E-state index in [9.17, 15) is 14.4 Å². The van der Waals surface area contributed by atoms with E-state index in [0.717, 1.165) is 25.9 Å². The largest absolute Gasteiger partial charge is 0.343 e. The van der Waals surface area contributed by atoms with Crippen LogP contribution in [0.25, 0.3) is 0 Å². The van der Waals surface area contributed by atoms with E-state index in [1.165, 1.54) is 0 Å². The molecular weight excluding hydrogens is 402 g/mol. The van der Waals surface area contributed by atoms with Crippen molar-refractivity contribution in [1.29, 1.82) is 0 Å². The van der Waals surface area contributed by atoms with Crippen molar-refractivity contribution >= 4 is 34.9 Å². The van der Waals surface area contributed by atoms with Crippen LogP contribution in [0.3, 0.4) is 0 Å². The van der Waals surface area contributed by atoms with Crippen LogP contribution in [0.2, 0.25) is 5.02 Å². The molecule has 0 atom stereocenters.